The van der Waals surface area contributed by atoms with Crippen molar-refractivity contribution in [3.8, 4) is 11.5 Å². The topological polar surface area (TPSA) is 142 Å². The van der Waals surface area contributed by atoms with Crippen molar-refractivity contribution < 1.29 is 42.6 Å². The van der Waals surface area contributed by atoms with Crippen LogP contribution in [-0.2, 0) is 31.0 Å². The normalized spacial score (nSPS) is 12.7. The molecule has 0 saturated carbocycles. The summed E-state index contributed by atoms with van der Waals surface area (Å²) in [5, 5.41) is 13.1. The van der Waals surface area contributed by atoms with Gasteiger partial charge in [-0.3, -0.25) is 34.0 Å². The van der Waals surface area contributed by atoms with Gasteiger partial charge in [0.2, 0.25) is 0 Å². The Morgan fingerprint density at radius 1 is 0.616 bits per heavy atom. The monoisotopic (exact) mass is 973 g/mol. The highest BCUT2D eigenvalue weighted by Crippen LogP contribution is 2.44. The van der Waals surface area contributed by atoms with Crippen molar-refractivity contribution in [2.24, 2.45) is 0 Å². The number of hydrogen-bond donors (Lipinski definition) is 1. The fourth-order valence-corrected chi connectivity index (χ4v) is 9.46. The van der Waals surface area contributed by atoms with E-state index in [1.54, 1.807) is 83.9 Å². The van der Waals surface area contributed by atoms with E-state index in [0.717, 1.165) is 27.3 Å². The van der Waals surface area contributed by atoms with E-state index in [-0.39, 0.29) is 77.8 Å². The van der Waals surface area contributed by atoms with Gasteiger partial charge in [-0.05, 0) is 64.2 Å². The molecule has 73 heavy (non-hydrogen) atoms. The number of ketones is 1. The van der Waals surface area contributed by atoms with Crippen LogP contribution >= 0.6 is 0 Å². The molecule has 0 fully saturated rings. The number of fused-ring (bicyclic) bond motifs is 4. The molecule has 14 heteroatoms. The fraction of sp³-hybridized carbons (Fsp3) is 0.119. The van der Waals surface area contributed by atoms with Crippen LogP contribution in [0.5, 0.6) is 11.5 Å². The van der Waals surface area contributed by atoms with Crippen LogP contribution in [0.2, 0.25) is 0 Å². The van der Waals surface area contributed by atoms with Gasteiger partial charge in [0.05, 0.1) is 23.8 Å². The number of nitrogens with zero attached hydrogens (tertiary/aromatic N) is 5. The molecule has 0 aliphatic carbocycles. The maximum Gasteiger partial charge on any atom is 0.278 e. The summed E-state index contributed by atoms with van der Waals surface area (Å²) < 4.78 is 33.7. The molecule has 2 aliphatic rings. The molecular weight excluding hydrogens is 929 g/mol. The van der Waals surface area contributed by atoms with Gasteiger partial charge in [0.25, 0.3) is 17.7 Å². The largest absolute Gasteiger partial charge is 0.505 e. The SMILES string of the molecule is CON(C)C(=O)c1c2c(c(OC(c3ccccc3)c3ccccc3)c3ncccc13)C(=O)N(Cc1ccc(F)cc1)C2.O=C(c1ccccc1)c1c2c(c(O)c3ncccc13)C(=O)N(Cc1ccc(F)cc1)C2. The number of pyridine rings is 2. The van der Waals surface area contributed by atoms with Crippen molar-refractivity contribution >= 4 is 45.3 Å². The highest BCUT2D eigenvalue weighted by atomic mass is 19.1. The third-order valence-electron chi connectivity index (χ3n) is 13.0. The van der Waals surface area contributed by atoms with Crippen LogP contribution in [0.25, 0.3) is 21.8 Å². The van der Waals surface area contributed by atoms with Crippen molar-refractivity contribution in [2.45, 2.75) is 32.3 Å². The van der Waals surface area contributed by atoms with Gasteiger partial charge in [0, 0.05) is 73.1 Å². The third-order valence-corrected chi connectivity index (χ3v) is 13.0. The van der Waals surface area contributed by atoms with Gasteiger partial charge in [-0.1, -0.05) is 127 Å². The number of aromatic nitrogens is 2. The predicted molar refractivity (Wildman–Crippen MR) is 269 cm³/mol. The van der Waals surface area contributed by atoms with Crippen molar-refractivity contribution in [1.29, 1.82) is 0 Å². The summed E-state index contributed by atoms with van der Waals surface area (Å²) in [6, 6.07) is 47.2. The molecule has 362 valence electrons. The molecule has 0 radical (unpaired) electrons. The van der Waals surface area contributed by atoms with E-state index in [9.17, 15) is 33.1 Å². The molecule has 9 aromatic rings. The highest BCUT2D eigenvalue weighted by molar-refractivity contribution is 6.21. The lowest BCUT2D eigenvalue weighted by atomic mass is 9.91. The molecule has 12 nitrogen and oxygen atoms in total. The minimum Gasteiger partial charge on any atom is -0.505 e. The number of phenolic OH excluding ortho intramolecular Hbond substituents is 1. The zero-order valence-corrected chi connectivity index (χ0v) is 39.5. The lowest BCUT2D eigenvalue weighted by molar-refractivity contribution is -0.0756. The molecular formula is C59H45F2N5O7. The number of aromatic hydroxyl groups is 1. The Labute approximate surface area is 418 Å². The van der Waals surface area contributed by atoms with Crippen molar-refractivity contribution in [2.75, 3.05) is 14.2 Å². The standard InChI is InChI=1S/C34H28FN3O4.C25H17FN2O3/c1-37(41-2)33(39)28-26-14-9-19-36-30(26)32(42-31(23-10-5-3-6-11-23)24-12-7-4-8-13-24)29-27(28)21-38(34(29)40)20-22-15-17-25(35)18-16-22;26-17-10-8-15(9-11-17)13-28-14-19-20(23(29)16-5-2-1-3-6-16)18-7-4-12-27-22(18)24(30)21(19)25(28)31/h3-19,31H,20-21H2,1-2H3;1-12,30H,13-14H2. The number of carbonyl (C=O) groups is 4. The van der Waals surface area contributed by atoms with E-state index in [4.69, 9.17) is 9.57 Å². The number of hydrogen-bond acceptors (Lipinski definition) is 9. The summed E-state index contributed by atoms with van der Waals surface area (Å²) in [7, 11) is 2.93. The zero-order valence-electron chi connectivity index (χ0n) is 39.5. The van der Waals surface area contributed by atoms with E-state index in [1.807, 2.05) is 66.7 Å². The molecule has 4 heterocycles. The van der Waals surface area contributed by atoms with Crippen LogP contribution in [0.4, 0.5) is 8.78 Å². The van der Waals surface area contributed by atoms with E-state index in [0.29, 0.717) is 49.9 Å². The minimum absolute atomic E-state index is 0.104. The first-order chi connectivity index (χ1) is 35.5. The number of amides is 3. The van der Waals surface area contributed by atoms with Crippen LogP contribution in [0.15, 0.2) is 176 Å². The molecule has 0 spiro atoms. The molecule has 0 bridgehead atoms. The fourth-order valence-electron chi connectivity index (χ4n) is 9.46. The summed E-state index contributed by atoms with van der Waals surface area (Å²) in [6.45, 7) is 0.784. The van der Waals surface area contributed by atoms with Crippen LogP contribution in [0.3, 0.4) is 0 Å². The van der Waals surface area contributed by atoms with Gasteiger partial charge in [0.1, 0.15) is 28.8 Å². The van der Waals surface area contributed by atoms with Gasteiger partial charge in [-0.15, -0.1) is 0 Å². The molecule has 3 amide bonds. The molecule has 0 saturated heterocycles. The summed E-state index contributed by atoms with van der Waals surface area (Å²) in [5.41, 5.74) is 6.53. The van der Waals surface area contributed by atoms with E-state index in [2.05, 4.69) is 9.97 Å². The van der Waals surface area contributed by atoms with Gasteiger partial charge < -0.3 is 19.6 Å². The number of halogens is 2. The molecule has 0 atom stereocenters. The van der Waals surface area contributed by atoms with E-state index < -0.39 is 12.0 Å². The van der Waals surface area contributed by atoms with Crippen LogP contribution in [0.1, 0.15) is 86.5 Å². The first kappa shape index (κ1) is 47.5. The lowest BCUT2D eigenvalue weighted by Crippen LogP contribution is -2.27. The number of hydroxylamine groups is 2. The van der Waals surface area contributed by atoms with Gasteiger partial charge in [-0.25, -0.2) is 13.8 Å². The summed E-state index contributed by atoms with van der Waals surface area (Å²) in [5.74, 6) is -1.94. The van der Waals surface area contributed by atoms with Crippen molar-refractivity contribution in [1.82, 2.24) is 24.8 Å². The Morgan fingerprint density at radius 2 is 1.08 bits per heavy atom. The molecule has 2 aromatic heterocycles. The summed E-state index contributed by atoms with van der Waals surface area (Å²) in [6.07, 6.45) is 2.58. The second-order valence-electron chi connectivity index (χ2n) is 17.5. The Hall–Kier alpha value is -9.14. The Bertz CT molecular complexity index is 3530. The lowest BCUT2D eigenvalue weighted by Gasteiger charge is -2.24. The van der Waals surface area contributed by atoms with Crippen molar-refractivity contribution in [3.63, 3.8) is 0 Å². The number of phenols is 1. The van der Waals surface area contributed by atoms with Gasteiger partial charge in [0.15, 0.2) is 17.3 Å². The molecule has 0 unspecified atom stereocenters. The maximum absolute atomic E-state index is 14.2. The molecule has 11 rings (SSSR count). The molecule has 7 aromatic carbocycles. The zero-order chi connectivity index (χ0) is 50.8. The quantitative estimate of drug-likeness (QED) is 0.0935. The predicted octanol–water partition coefficient (Wildman–Crippen LogP) is 10.8. The average molecular weight is 974 g/mol. The molecule has 2 aliphatic heterocycles. The second-order valence-corrected chi connectivity index (χ2v) is 17.5. The van der Waals surface area contributed by atoms with Gasteiger partial charge >= 0.3 is 0 Å². The smallest absolute Gasteiger partial charge is 0.278 e. The Kier molecular flexibility index (Phi) is 13.2. The van der Waals surface area contributed by atoms with E-state index in [1.165, 1.54) is 49.5 Å². The molecule has 1 N–H and O–H groups in total. The Morgan fingerprint density at radius 3 is 1.60 bits per heavy atom. The Balaban J connectivity index is 0.000000175. The first-order valence-electron chi connectivity index (χ1n) is 23.3. The first-order valence-corrected chi connectivity index (χ1v) is 23.3. The maximum atomic E-state index is 14.2. The van der Waals surface area contributed by atoms with Crippen LogP contribution in [-0.4, -0.2) is 67.6 Å². The average Bonchev–Trinajstić information content (AvgIpc) is 3.93. The summed E-state index contributed by atoms with van der Waals surface area (Å²) in [4.78, 5) is 71.8. The number of ether oxygens (including phenoxy) is 1. The number of benzene rings is 7. The minimum atomic E-state index is -0.552. The van der Waals surface area contributed by atoms with Crippen molar-refractivity contribution in [3.05, 3.63) is 249 Å². The van der Waals surface area contributed by atoms with Crippen LogP contribution < -0.4 is 4.74 Å². The second kappa shape index (κ2) is 20.3. The van der Waals surface area contributed by atoms with E-state index >= 15 is 0 Å². The van der Waals surface area contributed by atoms with Crippen LogP contribution in [0, 0.1) is 11.6 Å². The number of carbonyl (C=O) groups excluding carboxylic acids is 4. The number of rotatable bonds is 12. The summed E-state index contributed by atoms with van der Waals surface area (Å²) >= 11 is 0. The third kappa shape index (κ3) is 9.23. The van der Waals surface area contributed by atoms with Gasteiger partial charge in [-0.2, -0.15) is 0 Å². The highest BCUT2D eigenvalue weighted by Gasteiger charge is 2.40.